The molecule has 4 N–H and O–H groups in total. The SMILES string of the molecule is CC1CCCC1(O)CNC(=O)NC(CCC(=O)O)Cc1ccccc1. The van der Waals surface area contributed by atoms with E-state index in [1.54, 1.807) is 0 Å². The van der Waals surface area contributed by atoms with Gasteiger partial charge in [0.05, 0.1) is 5.60 Å². The summed E-state index contributed by atoms with van der Waals surface area (Å²) < 4.78 is 0. The first-order valence-electron chi connectivity index (χ1n) is 8.91. The fraction of sp³-hybridized carbons (Fsp3) is 0.579. The average molecular weight is 348 g/mol. The van der Waals surface area contributed by atoms with Gasteiger partial charge in [0.15, 0.2) is 0 Å². The molecule has 25 heavy (non-hydrogen) atoms. The predicted octanol–water partition coefficient (Wildman–Crippen LogP) is 2.31. The number of carboxylic acid groups (broad SMARTS) is 1. The van der Waals surface area contributed by atoms with Crippen LogP contribution in [-0.4, -0.2) is 40.4 Å². The largest absolute Gasteiger partial charge is 0.481 e. The Balaban J connectivity index is 1.88. The number of amides is 2. The van der Waals surface area contributed by atoms with Gasteiger partial charge >= 0.3 is 12.0 Å². The van der Waals surface area contributed by atoms with Gasteiger partial charge in [0.1, 0.15) is 0 Å². The number of urea groups is 1. The van der Waals surface area contributed by atoms with E-state index in [-0.39, 0.29) is 31.0 Å². The van der Waals surface area contributed by atoms with E-state index in [4.69, 9.17) is 5.11 Å². The minimum Gasteiger partial charge on any atom is -0.481 e. The van der Waals surface area contributed by atoms with E-state index in [2.05, 4.69) is 10.6 Å². The molecule has 138 valence electrons. The summed E-state index contributed by atoms with van der Waals surface area (Å²) in [4.78, 5) is 23.1. The van der Waals surface area contributed by atoms with Gasteiger partial charge in [-0.15, -0.1) is 0 Å². The quantitative estimate of drug-likeness (QED) is 0.579. The number of carbonyl (C=O) groups excluding carboxylic acids is 1. The molecule has 1 aromatic carbocycles. The second kappa shape index (κ2) is 8.85. The lowest BCUT2D eigenvalue weighted by Crippen LogP contribution is -2.50. The average Bonchev–Trinajstić information content (AvgIpc) is 2.91. The molecular weight excluding hydrogens is 320 g/mol. The Labute approximate surface area is 148 Å². The summed E-state index contributed by atoms with van der Waals surface area (Å²) in [6, 6.07) is 9.03. The van der Waals surface area contributed by atoms with Crippen molar-refractivity contribution in [3.8, 4) is 0 Å². The van der Waals surface area contributed by atoms with Crippen LogP contribution in [0.1, 0.15) is 44.6 Å². The van der Waals surface area contributed by atoms with Crippen molar-refractivity contribution in [2.45, 2.75) is 57.1 Å². The van der Waals surface area contributed by atoms with E-state index in [1.165, 1.54) is 0 Å². The van der Waals surface area contributed by atoms with Crippen molar-refractivity contribution in [3.05, 3.63) is 35.9 Å². The summed E-state index contributed by atoms with van der Waals surface area (Å²) >= 11 is 0. The molecule has 3 unspecified atom stereocenters. The molecule has 0 heterocycles. The minimum atomic E-state index is -0.880. The minimum absolute atomic E-state index is 0.00124. The van der Waals surface area contributed by atoms with Crippen molar-refractivity contribution < 1.29 is 19.8 Å². The van der Waals surface area contributed by atoms with Gasteiger partial charge in [-0.25, -0.2) is 4.79 Å². The highest BCUT2D eigenvalue weighted by atomic mass is 16.4. The van der Waals surface area contributed by atoms with Crippen LogP contribution < -0.4 is 10.6 Å². The molecule has 0 aliphatic heterocycles. The Kier molecular flexibility index (Phi) is 6.82. The van der Waals surface area contributed by atoms with Crippen LogP contribution in [0.5, 0.6) is 0 Å². The van der Waals surface area contributed by atoms with Gasteiger partial charge in [0, 0.05) is 19.0 Å². The highest BCUT2D eigenvalue weighted by molar-refractivity contribution is 5.74. The van der Waals surface area contributed by atoms with E-state index >= 15 is 0 Å². The fourth-order valence-corrected chi connectivity index (χ4v) is 3.38. The Morgan fingerprint density at radius 3 is 2.64 bits per heavy atom. The van der Waals surface area contributed by atoms with Crippen molar-refractivity contribution in [1.29, 1.82) is 0 Å². The Bertz CT molecular complexity index is 578. The number of benzene rings is 1. The molecule has 6 heteroatoms. The molecule has 1 aliphatic carbocycles. The third kappa shape index (κ3) is 6.05. The number of nitrogens with one attached hydrogen (secondary N) is 2. The van der Waals surface area contributed by atoms with Gasteiger partial charge in [-0.05, 0) is 37.2 Å². The fourth-order valence-electron chi connectivity index (χ4n) is 3.38. The second-order valence-corrected chi connectivity index (χ2v) is 7.04. The first-order chi connectivity index (χ1) is 11.9. The Morgan fingerprint density at radius 1 is 1.32 bits per heavy atom. The summed E-state index contributed by atoms with van der Waals surface area (Å²) in [6.07, 6.45) is 3.56. The first kappa shape index (κ1) is 19.2. The normalized spacial score (nSPS) is 23.8. The van der Waals surface area contributed by atoms with Crippen molar-refractivity contribution in [3.63, 3.8) is 0 Å². The summed E-state index contributed by atoms with van der Waals surface area (Å²) in [6.45, 7) is 2.22. The van der Waals surface area contributed by atoms with Gasteiger partial charge in [-0.2, -0.15) is 0 Å². The van der Waals surface area contributed by atoms with Crippen LogP contribution in [0.3, 0.4) is 0 Å². The molecule has 0 aromatic heterocycles. The molecule has 3 atom stereocenters. The first-order valence-corrected chi connectivity index (χ1v) is 8.91. The molecular formula is C19H28N2O4. The maximum Gasteiger partial charge on any atom is 0.315 e. The van der Waals surface area contributed by atoms with E-state index in [0.29, 0.717) is 19.3 Å². The zero-order valence-corrected chi connectivity index (χ0v) is 14.7. The highest BCUT2D eigenvalue weighted by Crippen LogP contribution is 2.34. The number of hydrogen-bond acceptors (Lipinski definition) is 3. The molecule has 2 amide bonds. The molecule has 1 saturated carbocycles. The van der Waals surface area contributed by atoms with Gasteiger partial charge in [0.2, 0.25) is 0 Å². The van der Waals surface area contributed by atoms with Crippen molar-refractivity contribution >= 4 is 12.0 Å². The van der Waals surface area contributed by atoms with Crippen LogP contribution >= 0.6 is 0 Å². The molecule has 0 saturated heterocycles. The Morgan fingerprint density at radius 2 is 2.04 bits per heavy atom. The topological polar surface area (TPSA) is 98.7 Å². The van der Waals surface area contributed by atoms with Gasteiger partial charge in [-0.3, -0.25) is 4.79 Å². The second-order valence-electron chi connectivity index (χ2n) is 7.04. The number of rotatable bonds is 8. The standard InChI is InChI=1S/C19H28N2O4/c1-14-6-5-11-19(14,25)13-20-18(24)21-16(9-10-17(22)23)12-15-7-3-2-4-8-15/h2-4,7-8,14,16,25H,5-6,9-13H2,1H3,(H,22,23)(H2,20,21,24). The highest BCUT2D eigenvalue weighted by Gasteiger charge is 2.38. The van der Waals surface area contributed by atoms with E-state index in [9.17, 15) is 14.7 Å². The molecule has 1 aromatic rings. The van der Waals surface area contributed by atoms with Crippen LogP contribution in [0.25, 0.3) is 0 Å². The molecule has 6 nitrogen and oxygen atoms in total. The van der Waals surface area contributed by atoms with Gasteiger partial charge < -0.3 is 20.8 Å². The lowest BCUT2D eigenvalue weighted by atomic mass is 9.92. The lowest BCUT2D eigenvalue weighted by molar-refractivity contribution is -0.137. The van der Waals surface area contributed by atoms with Crippen molar-refractivity contribution in [2.24, 2.45) is 5.92 Å². The molecule has 0 spiro atoms. The van der Waals surface area contributed by atoms with Crippen LogP contribution in [0.4, 0.5) is 4.79 Å². The molecule has 0 bridgehead atoms. The summed E-state index contributed by atoms with van der Waals surface area (Å²) in [5.41, 5.74) is 0.203. The summed E-state index contributed by atoms with van der Waals surface area (Å²) in [7, 11) is 0. The Hall–Kier alpha value is -2.08. The third-order valence-electron chi connectivity index (χ3n) is 5.09. The lowest BCUT2D eigenvalue weighted by Gasteiger charge is -2.28. The maximum atomic E-state index is 12.2. The van der Waals surface area contributed by atoms with Crippen LogP contribution in [0, 0.1) is 5.92 Å². The van der Waals surface area contributed by atoms with Gasteiger partial charge in [-0.1, -0.05) is 43.7 Å². The van der Waals surface area contributed by atoms with Crippen molar-refractivity contribution in [1.82, 2.24) is 10.6 Å². The summed E-state index contributed by atoms with van der Waals surface area (Å²) in [5.74, 6) is -0.714. The van der Waals surface area contributed by atoms with Crippen molar-refractivity contribution in [2.75, 3.05) is 6.54 Å². The summed E-state index contributed by atoms with van der Waals surface area (Å²) in [5, 5.41) is 25.0. The molecule has 0 radical (unpaired) electrons. The zero-order chi connectivity index (χ0) is 18.3. The smallest absolute Gasteiger partial charge is 0.315 e. The number of carboxylic acids is 1. The maximum absolute atomic E-state index is 12.2. The van der Waals surface area contributed by atoms with E-state index < -0.39 is 11.6 Å². The van der Waals surface area contributed by atoms with E-state index in [0.717, 1.165) is 18.4 Å². The molecule has 1 fully saturated rings. The molecule has 2 rings (SSSR count). The number of carbonyl (C=O) groups is 2. The van der Waals surface area contributed by atoms with E-state index in [1.807, 2.05) is 37.3 Å². The third-order valence-corrected chi connectivity index (χ3v) is 5.09. The molecule has 1 aliphatic rings. The monoisotopic (exact) mass is 348 g/mol. The van der Waals surface area contributed by atoms with Crippen LogP contribution in [0.15, 0.2) is 30.3 Å². The predicted molar refractivity (Wildman–Crippen MR) is 95.3 cm³/mol. The number of aliphatic hydroxyl groups is 1. The number of aliphatic carboxylic acids is 1. The zero-order valence-electron chi connectivity index (χ0n) is 14.7. The van der Waals surface area contributed by atoms with Gasteiger partial charge in [0.25, 0.3) is 0 Å². The van der Waals surface area contributed by atoms with Crippen LogP contribution in [-0.2, 0) is 11.2 Å². The van der Waals surface area contributed by atoms with Crippen LogP contribution in [0.2, 0.25) is 0 Å². The number of hydrogen-bond donors (Lipinski definition) is 4.